The van der Waals surface area contributed by atoms with Crippen molar-refractivity contribution in [2.75, 3.05) is 6.61 Å². The molecule has 0 atom stereocenters. The van der Waals surface area contributed by atoms with Crippen LogP contribution >= 0.6 is 23.2 Å². The first kappa shape index (κ1) is 13.1. The SMILES string of the molecule is CCCOC(=O)C(Cl)(Cl)Oc1ccccc1. The van der Waals surface area contributed by atoms with Crippen LogP contribution in [0.4, 0.5) is 0 Å². The van der Waals surface area contributed by atoms with Gasteiger partial charge < -0.3 is 9.47 Å². The smallest absolute Gasteiger partial charge is 0.383 e. The molecule has 1 aromatic carbocycles. The van der Waals surface area contributed by atoms with Gasteiger partial charge in [0, 0.05) is 0 Å². The van der Waals surface area contributed by atoms with Crippen molar-refractivity contribution >= 4 is 29.2 Å². The molecule has 1 rings (SSSR count). The maximum Gasteiger partial charge on any atom is 0.383 e. The molecule has 1 aromatic rings. The second-order valence-electron chi connectivity index (χ2n) is 3.07. The van der Waals surface area contributed by atoms with Gasteiger partial charge in [-0.3, -0.25) is 0 Å². The summed E-state index contributed by atoms with van der Waals surface area (Å²) in [6, 6.07) is 8.60. The molecular weight excluding hydrogens is 251 g/mol. The van der Waals surface area contributed by atoms with E-state index in [1.54, 1.807) is 24.3 Å². The minimum atomic E-state index is -2.00. The van der Waals surface area contributed by atoms with Gasteiger partial charge in [0.25, 0.3) is 0 Å². The standard InChI is InChI=1S/C11H12Cl2O3/c1-2-8-15-10(14)11(12,13)16-9-6-4-3-5-7-9/h3-7H,2,8H2,1H3. The number of hydrogen-bond acceptors (Lipinski definition) is 3. The van der Waals surface area contributed by atoms with Gasteiger partial charge in [0.2, 0.25) is 0 Å². The van der Waals surface area contributed by atoms with Gasteiger partial charge in [-0.2, -0.15) is 0 Å². The van der Waals surface area contributed by atoms with Crippen LogP contribution in [0.15, 0.2) is 30.3 Å². The maximum atomic E-state index is 11.4. The van der Waals surface area contributed by atoms with Gasteiger partial charge in [-0.05, 0) is 41.8 Å². The Balaban J connectivity index is 2.60. The average molecular weight is 263 g/mol. The third-order valence-electron chi connectivity index (χ3n) is 1.66. The molecular formula is C11H12Cl2O3. The van der Waals surface area contributed by atoms with Crippen LogP contribution in [0.25, 0.3) is 0 Å². The van der Waals surface area contributed by atoms with Crippen LogP contribution in [-0.2, 0) is 9.53 Å². The quantitative estimate of drug-likeness (QED) is 0.604. The highest BCUT2D eigenvalue weighted by atomic mass is 35.5. The fourth-order valence-corrected chi connectivity index (χ4v) is 1.24. The van der Waals surface area contributed by atoms with Crippen LogP contribution in [0.3, 0.4) is 0 Å². The highest BCUT2D eigenvalue weighted by molar-refractivity contribution is 6.56. The number of carbonyl (C=O) groups is 1. The van der Waals surface area contributed by atoms with E-state index in [0.29, 0.717) is 12.2 Å². The van der Waals surface area contributed by atoms with Crippen LogP contribution in [0.1, 0.15) is 13.3 Å². The van der Waals surface area contributed by atoms with E-state index >= 15 is 0 Å². The van der Waals surface area contributed by atoms with Crippen LogP contribution in [-0.4, -0.2) is 17.1 Å². The van der Waals surface area contributed by atoms with Gasteiger partial charge in [0.1, 0.15) is 5.75 Å². The van der Waals surface area contributed by atoms with Gasteiger partial charge in [-0.1, -0.05) is 25.1 Å². The van der Waals surface area contributed by atoms with Gasteiger partial charge in [0.05, 0.1) is 6.61 Å². The second-order valence-corrected chi connectivity index (χ2v) is 4.33. The summed E-state index contributed by atoms with van der Waals surface area (Å²) in [7, 11) is 0. The second kappa shape index (κ2) is 5.97. The number of esters is 1. The molecule has 0 saturated carbocycles. The largest absolute Gasteiger partial charge is 0.461 e. The van der Waals surface area contributed by atoms with Crippen molar-refractivity contribution in [3.8, 4) is 5.75 Å². The Morgan fingerprint density at radius 1 is 1.31 bits per heavy atom. The lowest BCUT2D eigenvalue weighted by Gasteiger charge is -2.19. The van der Waals surface area contributed by atoms with Gasteiger partial charge in [0.15, 0.2) is 0 Å². The molecule has 0 aliphatic rings. The summed E-state index contributed by atoms with van der Waals surface area (Å²) >= 11 is 11.5. The number of benzene rings is 1. The van der Waals surface area contributed by atoms with Gasteiger partial charge in [-0.25, -0.2) is 4.79 Å². The first-order valence-corrected chi connectivity index (χ1v) is 5.61. The normalized spacial score (nSPS) is 10.9. The summed E-state index contributed by atoms with van der Waals surface area (Å²) in [5.74, 6) is -0.400. The lowest BCUT2D eigenvalue weighted by Crippen LogP contribution is -2.34. The molecule has 0 fully saturated rings. The monoisotopic (exact) mass is 262 g/mol. The molecule has 5 heteroatoms. The third kappa shape index (κ3) is 3.91. The van der Waals surface area contributed by atoms with Crippen molar-refractivity contribution in [1.29, 1.82) is 0 Å². The number of rotatable bonds is 5. The molecule has 0 spiro atoms. The Hall–Kier alpha value is -0.930. The molecule has 0 aromatic heterocycles. The minimum Gasteiger partial charge on any atom is -0.461 e. The minimum absolute atomic E-state index is 0.262. The van der Waals surface area contributed by atoms with Crippen molar-refractivity contribution in [1.82, 2.24) is 0 Å². The molecule has 0 bridgehead atoms. The summed E-state index contributed by atoms with van der Waals surface area (Å²) < 4.78 is 7.91. The molecule has 0 N–H and O–H groups in total. The molecule has 0 unspecified atom stereocenters. The Kier molecular flexibility index (Phi) is 4.90. The third-order valence-corrected chi connectivity index (χ3v) is 2.13. The molecule has 88 valence electrons. The van der Waals surface area contributed by atoms with E-state index in [1.807, 2.05) is 13.0 Å². The molecule has 0 radical (unpaired) electrons. The molecule has 3 nitrogen and oxygen atoms in total. The first-order chi connectivity index (χ1) is 7.56. The van der Waals surface area contributed by atoms with Crippen molar-refractivity contribution in [2.45, 2.75) is 17.9 Å². The molecule has 0 aliphatic carbocycles. The molecule has 0 heterocycles. The number of para-hydroxylation sites is 1. The predicted octanol–water partition coefficient (Wildman–Crippen LogP) is 3.15. The Labute approximate surface area is 104 Å². The van der Waals surface area contributed by atoms with Crippen molar-refractivity contribution in [3.63, 3.8) is 0 Å². The van der Waals surface area contributed by atoms with E-state index in [9.17, 15) is 4.79 Å². The number of halogens is 2. The molecule has 0 saturated heterocycles. The topological polar surface area (TPSA) is 35.5 Å². The van der Waals surface area contributed by atoms with Crippen LogP contribution in [0.5, 0.6) is 5.75 Å². The van der Waals surface area contributed by atoms with Crippen LogP contribution in [0, 0.1) is 0 Å². The average Bonchev–Trinajstić information content (AvgIpc) is 2.26. The van der Waals surface area contributed by atoms with Crippen molar-refractivity contribution in [3.05, 3.63) is 30.3 Å². The zero-order valence-corrected chi connectivity index (χ0v) is 10.3. The zero-order valence-electron chi connectivity index (χ0n) is 8.78. The van der Waals surface area contributed by atoms with E-state index in [4.69, 9.17) is 32.7 Å². The van der Waals surface area contributed by atoms with E-state index in [1.165, 1.54) is 0 Å². The number of carbonyl (C=O) groups excluding carboxylic acids is 1. The number of alkyl halides is 2. The Morgan fingerprint density at radius 2 is 1.94 bits per heavy atom. The highest BCUT2D eigenvalue weighted by Gasteiger charge is 2.38. The number of ether oxygens (including phenoxy) is 2. The van der Waals surface area contributed by atoms with Crippen LogP contribution < -0.4 is 4.74 Å². The fourth-order valence-electron chi connectivity index (χ4n) is 0.957. The molecule has 16 heavy (non-hydrogen) atoms. The Bertz CT molecular complexity index is 338. The van der Waals surface area contributed by atoms with E-state index in [-0.39, 0.29) is 6.61 Å². The Morgan fingerprint density at radius 3 is 2.50 bits per heavy atom. The maximum absolute atomic E-state index is 11.4. The van der Waals surface area contributed by atoms with Crippen molar-refractivity contribution in [2.24, 2.45) is 0 Å². The van der Waals surface area contributed by atoms with E-state index in [0.717, 1.165) is 0 Å². The van der Waals surface area contributed by atoms with Crippen molar-refractivity contribution < 1.29 is 14.3 Å². The van der Waals surface area contributed by atoms with Gasteiger partial charge >= 0.3 is 10.5 Å². The highest BCUT2D eigenvalue weighted by Crippen LogP contribution is 2.27. The molecule has 0 aliphatic heterocycles. The zero-order chi connectivity index (χ0) is 12.0. The summed E-state index contributed by atoms with van der Waals surface area (Å²) in [6.07, 6.45) is 0.695. The predicted molar refractivity (Wildman–Crippen MR) is 62.8 cm³/mol. The lowest BCUT2D eigenvalue weighted by atomic mass is 10.3. The molecule has 0 amide bonds. The van der Waals surface area contributed by atoms with E-state index < -0.39 is 10.5 Å². The van der Waals surface area contributed by atoms with E-state index in [2.05, 4.69) is 0 Å². The summed E-state index contributed by atoms with van der Waals surface area (Å²) in [5.41, 5.74) is 0. The summed E-state index contributed by atoms with van der Waals surface area (Å²) in [5, 5.41) is 0. The summed E-state index contributed by atoms with van der Waals surface area (Å²) in [4.78, 5) is 11.4. The first-order valence-electron chi connectivity index (χ1n) is 4.85. The van der Waals surface area contributed by atoms with Gasteiger partial charge in [-0.15, -0.1) is 0 Å². The summed E-state index contributed by atoms with van der Waals surface area (Å²) in [6.45, 7) is 2.13. The fraction of sp³-hybridized carbons (Fsp3) is 0.364. The lowest BCUT2D eigenvalue weighted by molar-refractivity contribution is -0.150. The number of hydrogen-bond donors (Lipinski definition) is 0. The van der Waals surface area contributed by atoms with Crippen LogP contribution in [0.2, 0.25) is 0 Å².